The number of hydrogen-bond acceptors (Lipinski definition) is 5. The first kappa shape index (κ1) is 23.1. The largest absolute Gasteiger partial charge is 0.275 e. The molecule has 0 aliphatic carbocycles. The first-order valence-electron chi connectivity index (χ1n) is 9.66. The molecule has 2 atom stereocenters. The van der Waals surface area contributed by atoms with Gasteiger partial charge in [-0.2, -0.15) is 15.5 Å². The van der Waals surface area contributed by atoms with Gasteiger partial charge in [0, 0.05) is 6.54 Å². The van der Waals surface area contributed by atoms with Crippen LogP contribution in [0.15, 0.2) is 39.6 Å². The summed E-state index contributed by atoms with van der Waals surface area (Å²) in [6, 6.07) is 5.65. The fraction of sp³-hybridized carbons (Fsp3) is 0.476. The van der Waals surface area contributed by atoms with Crippen LogP contribution in [-0.4, -0.2) is 29.3 Å². The van der Waals surface area contributed by atoms with Crippen LogP contribution in [0.1, 0.15) is 46.5 Å². The molecule has 0 saturated heterocycles. The second-order valence-corrected chi connectivity index (χ2v) is 7.87. The molecule has 1 aliphatic heterocycles. The maximum atomic E-state index is 13.0. The number of carbonyl (C=O) groups excluding carboxylic acids is 2. The van der Waals surface area contributed by atoms with Crippen molar-refractivity contribution in [3.63, 3.8) is 0 Å². The summed E-state index contributed by atoms with van der Waals surface area (Å²) >= 11 is 11.9. The van der Waals surface area contributed by atoms with Crippen molar-refractivity contribution in [1.29, 1.82) is 5.26 Å². The third-order valence-electron chi connectivity index (χ3n) is 5.05. The number of unbranched alkanes of at least 4 members (excludes halogenated alkanes) is 1. The van der Waals surface area contributed by atoms with Crippen molar-refractivity contribution in [3.8, 4) is 6.07 Å². The Morgan fingerprint density at radius 1 is 1.24 bits per heavy atom. The predicted molar refractivity (Wildman–Crippen MR) is 113 cm³/mol. The average molecular weight is 435 g/mol. The lowest BCUT2D eigenvalue weighted by atomic mass is 9.93. The second-order valence-electron chi connectivity index (χ2n) is 7.06. The van der Waals surface area contributed by atoms with Crippen molar-refractivity contribution in [2.45, 2.75) is 52.5 Å². The lowest BCUT2D eigenvalue weighted by Gasteiger charge is -2.31. The summed E-state index contributed by atoms with van der Waals surface area (Å²) in [6.45, 7) is 5.99. The highest BCUT2D eigenvalue weighted by atomic mass is 35.5. The van der Waals surface area contributed by atoms with Gasteiger partial charge in [-0.25, -0.2) is 0 Å². The molecule has 0 fully saturated rings. The van der Waals surface area contributed by atoms with Crippen molar-refractivity contribution in [1.82, 2.24) is 4.90 Å². The smallest absolute Gasteiger partial charge is 0.271 e. The summed E-state index contributed by atoms with van der Waals surface area (Å²) < 4.78 is 0. The van der Waals surface area contributed by atoms with Crippen LogP contribution in [0.5, 0.6) is 0 Å². The first-order valence-corrected chi connectivity index (χ1v) is 10.4. The van der Waals surface area contributed by atoms with Crippen LogP contribution in [0.3, 0.4) is 0 Å². The van der Waals surface area contributed by atoms with Crippen LogP contribution in [0, 0.1) is 17.2 Å². The van der Waals surface area contributed by atoms with Crippen LogP contribution < -0.4 is 0 Å². The van der Waals surface area contributed by atoms with E-state index in [1.54, 1.807) is 19.1 Å². The SMILES string of the molecule is CCCCC(CC)CN1C(=O)C(C#N)=C(C)C(N=Nc2ccc(Cl)c(Cl)c2)C1=O. The lowest BCUT2D eigenvalue weighted by molar-refractivity contribution is -0.144. The van der Waals surface area contributed by atoms with Crippen molar-refractivity contribution >= 4 is 40.7 Å². The summed E-state index contributed by atoms with van der Waals surface area (Å²) in [4.78, 5) is 26.9. The summed E-state index contributed by atoms with van der Waals surface area (Å²) in [5, 5.41) is 18.4. The maximum absolute atomic E-state index is 13.0. The molecule has 0 saturated carbocycles. The van der Waals surface area contributed by atoms with Gasteiger partial charge in [-0.3, -0.25) is 14.5 Å². The van der Waals surface area contributed by atoms with Gasteiger partial charge < -0.3 is 0 Å². The molecule has 0 bridgehead atoms. The Bertz CT molecular complexity index is 889. The molecule has 6 nitrogen and oxygen atoms in total. The summed E-state index contributed by atoms with van der Waals surface area (Å²) in [5.74, 6) is -0.815. The molecule has 1 aromatic rings. The number of rotatable bonds is 8. The zero-order valence-corrected chi connectivity index (χ0v) is 18.3. The lowest BCUT2D eigenvalue weighted by Crippen LogP contribution is -2.49. The highest BCUT2D eigenvalue weighted by Crippen LogP contribution is 2.29. The van der Waals surface area contributed by atoms with Gasteiger partial charge in [-0.05, 0) is 43.0 Å². The van der Waals surface area contributed by atoms with Gasteiger partial charge in [0.1, 0.15) is 11.6 Å². The topological polar surface area (TPSA) is 85.9 Å². The Labute approximate surface area is 181 Å². The quantitative estimate of drug-likeness (QED) is 0.378. The number of imide groups is 1. The Kier molecular flexibility index (Phi) is 8.36. The van der Waals surface area contributed by atoms with E-state index in [1.165, 1.54) is 6.07 Å². The summed E-state index contributed by atoms with van der Waals surface area (Å²) in [7, 11) is 0. The zero-order valence-electron chi connectivity index (χ0n) is 16.8. The van der Waals surface area contributed by atoms with Gasteiger partial charge in [0.15, 0.2) is 6.04 Å². The van der Waals surface area contributed by atoms with E-state index in [2.05, 4.69) is 17.2 Å². The Balaban J connectivity index is 2.33. The number of hydrogen-bond donors (Lipinski definition) is 0. The number of benzene rings is 1. The van der Waals surface area contributed by atoms with E-state index in [0.29, 0.717) is 21.3 Å². The normalized spacial score (nSPS) is 18.5. The summed E-state index contributed by atoms with van der Waals surface area (Å²) in [5.41, 5.74) is 0.688. The molecule has 29 heavy (non-hydrogen) atoms. The predicted octanol–water partition coefficient (Wildman–Crippen LogP) is 5.87. The van der Waals surface area contributed by atoms with E-state index < -0.39 is 17.9 Å². The van der Waals surface area contributed by atoms with E-state index in [1.807, 2.05) is 13.0 Å². The molecule has 0 radical (unpaired) electrons. The van der Waals surface area contributed by atoms with Crippen LogP contribution >= 0.6 is 23.2 Å². The highest BCUT2D eigenvalue weighted by molar-refractivity contribution is 6.42. The Morgan fingerprint density at radius 2 is 1.97 bits per heavy atom. The molecule has 154 valence electrons. The molecule has 1 aromatic carbocycles. The fourth-order valence-electron chi connectivity index (χ4n) is 3.17. The van der Waals surface area contributed by atoms with E-state index in [-0.39, 0.29) is 18.0 Å². The van der Waals surface area contributed by atoms with E-state index in [0.717, 1.165) is 30.6 Å². The number of nitriles is 1. The number of azo groups is 1. The number of carbonyl (C=O) groups is 2. The molecule has 0 N–H and O–H groups in total. The van der Waals surface area contributed by atoms with Crippen molar-refractivity contribution in [3.05, 3.63) is 39.4 Å². The van der Waals surface area contributed by atoms with Crippen molar-refractivity contribution < 1.29 is 9.59 Å². The maximum Gasteiger partial charge on any atom is 0.271 e. The minimum atomic E-state index is -1.01. The van der Waals surface area contributed by atoms with Gasteiger partial charge in [-0.1, -0.05) is 56.3 Å². The molecular formula is C21H24Cl2N4O2. The van der Waals surface area contributed by atoms with Crippen LogP contribution in [0.25, 0.3) is 0 Å². The van der Waals surface area contributed by atoms with E-state index >= 15 is 0 Å². The molecular weight excluding hydrogens is 411 g/mol. The van der Waals surface area contributed by atoms with Crippen LogP contribution in [-0.2, 0) is 9.59 Å². The second kappa shape index (κ2) is 10.5. The standard InChI is InChI=1S/C21H24Cl2N4O2/c1-4-6-7-14(5-2)12-27-20(28)16(11-24)13(3)19(21(27)29)26-25-15-8-9-17(22)18(23)10-15/h8-10,14,19H,4-7,12H2,1-3H3. The third kappa shape index (κ3) is 5.43. The minimum absolute atomic E-state index is 0.0481. The van der Waals surface area contributed by atoms with Gasteiger partial charge >= 0.3 is 0 Å². The zero-order chi connectivity index (χ0) is 21.6. The number of amides is 2. The van der Waals surface area contributed by atoms with Crippen molar-refractivity contribution in [2.24, 2.45) is 16.1 Å². The van der Waals surface area contributed by atoms with E-state index in [9.17, 15) is 14.9 Å². The van der Waals surface area contributed by atoms with Gasteiger partial charge in [0.25, 0.3) is 11.8 Å². The average Bonchev–Trinajstić information content (AvgIpc) is 2.70. The van der Waals surface area contributed by atoms with Gasteiger partial charge in [0.2, 0.25) is 0 Å². The number of halogens is 2. The molecule has 0 spiro atoms. The van der Waals surface area contributed by atoms with Crippen LogP contribution in [0.2, 0.25) is 10.0 Å². The third-order valence-corrected chi connectivity index (χ3v) is 5.79. The molecule has 1 aliphatic rings. The van der Waals surface area contributed by atoms with E-state index in [4.69, 9.17) is 23.2 Å². The van der Waals surface area contributed by atoms with Crippen molar-refractivity contribution in [2.75, 3.05) is 6.54 Å². The summed E-state index contributed by atoms with van der Waals surface area (Å²) in [6.07, 6.45) is 3.83. The number of nitrogens with zero attached hydrogens (tertiary/aromatic N) is 4. The van der Waals surface area contributed by atoms with Crippen LogP contribution in [0.4, 0.5) is 5.69 Å². The Hall–Kier alpha value is -2.23. The first-order chi connectivity index (χ1) is 13.8. The monoisotopic (exact) mass is 434 g/mol. The molecule has 1 heterocycles. The fourth-order valence-corrected chi connectivity index (χ4v) is 3.46. The highest BCUT2D eigenvalue weighted by Gasteiger charge is 2.40. The molecule has 0 aromatic heterocycles. The van der Waals surface area contributed by atoms with Gasteiger partial charge in [0.05, 0.1) is 15.7 Å². The van der Waals surface area contributed by atoms with Gasteiger partial charge in [-0.15, -0.1) is 0 Å². The Morgan fingerprint density at radius 3 is 2.55 bits per heavy atom. The molecule has 8 heteroatoms. The molecule has 2 unspecified atom stereocenters. The molecule has 2 rings (SSSR count). The minimum Gasteiger partial charge on any atom is -0.275 e. The molecule has 2 amide bonds.